The number of hydrogen-bond acceptors (Lipinski definition) is 4. The summed E-state index contributed by atoms with van der Waals surface area (Å²) in [6.45, 7) is 11.2. The van der Waals surface area contributed by atoms with Gasteiger partial charge in [-0.3, -0.25) is 0 Å². The summed E-state index contributed by atoms with van der Waals surface area (Å²) in [6, 6.07) is 0. The van der Waals surface area contributed by atoms with E-state index in [0.29, 0.717) is 11.5 Å². The van der Waals surface area contributed by atoms with Crippen molar-refractivity contribution in [1.29, 1.82) is 0 Å². The van der Waals surface area contributed by atoms with Crippen molar-refractivity contribution in [2.24, 2.45) is 5.92 Å². The molecule has 4 nitrogen and oxygen atoms in total. The Labute approximate surface area is 122 Å². The summed E-state index contributed by atoms with van der Waals surface area (Å²) in [5.41, 5.74) is 0.631. The minimum Gasteiger partial charge on any atom is -0.466 e. The molecule has 0 aliphatic carbocycles. The van der Waals surface area contributed by atoms with Gasteiger partial charge < -0.3 is 9.47 Å². The van der Waals surface area contributed by atoms with Crippen LogP contribution in [-0.2, 0) is 19.1 Å². The number of hydrogen-bond donors (Lipinski definition) is 0. The summed E-state index contributed by atoms with van der Waals surface area (Å²) in [5, 5.41) is 0. The molecule has 0 fully saturated rings. The molecule has 20 heavy (non-hydrogen) atoms. The molecule has 0 aromatic carbocycles. The second-order valence-corrected chi connectivity index (χ2v) is 4.35. The van der Waals surface area contributed by atoms with Gasteiger partial charge in [-0.2, -0.15) is 0 Å². The van der Waals surface area contributed by atoms with E-state index in [1.54, 1.807) is 0 Å². The van der Waals surface area contributed by atoms with Gasteiger partial charge in [0.25, 0.3) is 0 Å². The molecule has 1 atom stereocenters. The van der Waals surface area contributed by atoms with Gasteiger partial charge in [0.15, 0.2) is 0 Å². The molecule has 0 aliphatic heterocycles. The molecule has 0 N–H and O–H groups in total. The highest BCUT2D eigenvalue weighted by molar-refractivity contribution is 5.88. The normalized spacial score (nSPS) is 10.6. The molecule has 0 rings (SSSR count). The lowest BCUT2D eigenvalue weighted by atomic mass is 9.92. The van der Waals surface area contributed by atoms with E-state index in [2.05, 4.69) is 36.5 Å². The Kier molecular flexibility index (Phi) is 14.3. The van der Waals surface area contributed by atoms with Gasteiger partial charge in [-0.1, -0.05) is 46.3 Å². The van der Waals surface area contributed by atoms with Crippen molar-refractivity contribution in [2.75, 3.05) is 14.2 Å². The zero-order valence-electron chi connectivity index (χ0n) is 13.2. The summed E-state index contributed by atoms with van der Waals surface area (Å²) in [4.78, 5) is 21.1. The average molecular weight is 284 g/mol. The van der Waals surface area contributed by atoms with Gasteiger partial charge in [-0.25, -0.2) is 9.59 Å². The van der Waals surface area contributed by atoms with Crippen LogP contribution in [0, 0.1) is 5.92 Å². The van der Waals surface area contributed by atoms with Gasteiger partial charge in [0.1, 0.15) is 0 Å². The highest BCUT2D eigenvalue weighted by Gasteiger charge is 2.17. The van der Waals surface area contributed by atoms with Crippen LogP contribution in [-0.4, -0.2) is 26.2 Å². The fourth-order valence-electron chi connectivity index (χ4n) is 1.65. The fraction of sp³-hybridized carbons (Fsp3) is 0.625. The van der Waals surface area contributed by atoms with Crippen LogP contribution in [0.5, 0.6) is 0 Å². The molecular weight excluding hydrogens is 256 g/mol. The molecule has 4 heteroatoms. The lowest BCUT2D eigenvalue weighted by Gasteiger charge is -2.15. The second kappa shape index (κ2) is 13.8. The zero-order valence-corrected chi connectivity index (χ0v) is 13.2. The average Bonchev–Trinajstić information content (AvgIpc) is 2.49. The minimum atomic E-state index is -0.394. The van der Waals surface area contributed by atoms with Crippen LogP contribution in [0.2, 0.25) is 0 Å². The monoisotopic (exact) mass is 284 g/mol. The maximum absolute atomic E-state index is 11.2. The van der Waals surface area contributed by atoms with Gasteiger partial charge in [0, 0.05) is 11.6 Å². The first kappa shape index (κ1) is 20.7. The first-order chi connectivity index (χ1) is 9.48. The van der Waals surface area contributed by atoms with E-state index in [-0.39, 0.29) is 5.97 Å². The van der Waals surface area contributed by atoms with Crippen molar-refractivity contribution < 1.29 is 19.1 Å². The van der Waals surface area contributed by atoms with Crippen LogP contribution in [0.1, 0.15) is 46.0 Å². The molecule has 0 radical (unpaired) electrons. The van der Waals surface area contributed by atoms with Crippen molar-refractivity contribution in [1.82, 2.24) is 0 Å². The predicted octanol–water partition coefficient (Wildman–Crippen LogP) is 3.67. The molecule has 0 amide bonds. The highest BCUT2D eigenvalue weighted by Crippen LogP contribution is 2.21. The third-order valence-corrected chi connectivity index (χ3v) is 2.96. The van der Waals surface area contributed by atoms with Gasteiger partial charge in [-0.15, -0.1) is 0 Å². The number of methoxy groups -OCH3 is 2. The maximum Gasteiger partial charge on any atom is 0.333 e. The molecule has 0 aromatic heterocycles. The lowest BCUT2D eigenvalue weighted by molar-refractivity contribution is -0.137. The Morgan fingerprint density at radius 3 is 2.05 bits per heavy atom. The smallest absolute Gasteiger partial charge is 0.333 e. The largest absolute Gasteiger partial charge is 0.466 e. The SMILES string of the molecule is C=C(C(=O)OC)C(CC)CCCCC.C=CC(=O)OC. The summed E-state index contributed by atoms with van der Waals surface area (Å²) < 4.78 is 8.80. The number of rotatable bonds is 8. The van der Waals surface area contributed by atoms with Crippen molar-refractivity contribution in [3.8, 4) is 0 Å². The molecular formula is C16H28O4. The third-order valence-electron chi connectivity index (χ3n) is 2.96. The molecule has 0 saturated heterocycles. The van der Waals surface area contributed by atoms with Crippen molar-refractivity contribution in [3.63, 3.8) is 0 Å². The van der Waals surface area contributed by atoms with Crippen LogP contribution in [0.3, 0.4) is 0 Å². The summed E-state index contributed by atoms with van der Waals surface area (Å²) in [5.74, 6) is -0.350. The van der Waals surface area contributed by atoms with Crippen LogP contribution in [0.25, 0.3) is 0 Å². The van der Waals surface area contributed by atoms with Gasteiger partial charge in [-0.05, 0) is 18.8 Å². The standard InChI is InChI=1S/C12H22O2.C4H6O2/c1-5-7-8-9-11(6-2)10(3)12(13)14-4;1-3-4(5)6-2/h11H,3,5-9H2,1-2,4H3;3H,1H2,2H3. The van der Waals surface area contributed by atoms with Crippen LogP contribution in [0.4, 0.5) is 0 Å². The van der Waals surface area contributed by atoms with E-state index < -0.39 is 5.97 Å². The molecule has 0 bridgehead atoms. The number of esters is 2. The van der Waals surface area contributed by atoms with Crippen molar-refractivity contribution in [3.05, 3.63) is 24.8 Å². The fourth-order valence-corrected chi connectivity index (χ4v) is 1.65. The quantitative estimate of drug-likeness (QED) is 0.388. The minimum absolute atomic E-state index is 0.256. The van der Waals surface area contributed by atoms with Gasteiger partial charge >= 0.3 is 11.9 Å². The topological polar surface area (TPSA) is 52.6 Å². The molecule has 0 aliphatic rings. The van der Waals surface area contributed by atoms with E-state index >= 15 is 0 Å². The van der Waals surface area contributed by atoms with E-state index in [1.807, 2.05) is 0 Å². The maximum atomic E-state index is 11.2. The Balaban J connectivity index is 0. The van der Waals surface area contributed by atoms with E-state index in [9.17, 15) is 9.59 Å². The first-order valence-corrected chi connectivity index (χ1v) is 6.95. The van der Waals surface area contributed by atoms with Crippen molar-refractivity contribution >= 4 is 11.9 Å². The van der Waals surface area contributed by atoms with Crippen molar-refractivity contribution in [2.45, 2.75) is 46.0 Å². The summed E-state index contributed by atoms with van der Waals surface area (Å²) in [6.07, 6.45) is 6.74. The molecule has 0 heterocycles. The Hall–Kier alpha value is -1.58. The predicted molar refractivity (Wildman–Crippen MR) is 81.3 cm³/mol. The van der Waals surface area contributed by atoms with E-state index in [0.717, 1.165) is 18.9 Å². The van der Waals surface area contributed by atoms with Gasteiger partial charge in [0.05, 0.1) is 14.2 Å². The number of carbonyl (C=O) groups is 2. The van der Waals surface area contributed by atoms with Crippen LogP contribution in [0.15, 0.2) is 24.8 Å². The Morgan fingerprint density at radius 1 is 1.15 bits per heavy atom. The summed E-state index contributed by atoms with van der Waals surface area (Å²) in [7, 11) is 2.72. The third kappa shape index (κ3) is 10.4. The Morgan fingerprint density at radius 2 is 1.75 bits per heavy atom. The second-order valence-electron chi connectivity index (χ2n) is 4.35. The molecule has 0 saturated carbocycles. The van der Waals surface area contributed by atoms with E-state index in [4.69, 9.17) is 0 Å². The molecule has 0 spiro atoms. The number of carbonyl (C=O) groups excluding carboxylic acids is 2. The zero-order chi connectivity index (χ0) is 16.0. The number of unbranched alkanes of at least 4 members (excludes halogenated alkanes) is 2. The molecule has 0 aromatic rings. The molecule has 1 unspecified atom stereocenters. The van der Waals surface area contributed by atoms with Crippen LogP contribution >= 0.6 is 0 Å². The number of ether oxygens (including phenoxy) is 2. The van der Waals surface area contributed by atoms with Gasteiger partial charge in [0.2, 0.25) is 0 Å². The van der Waals surface area contributed by atoms with E-state index in [1.165, 1.54) is 33.5 Å². The summed E-state index contributed by atoms with van der Waals surface area (Å²) >= 11 is 0. The highest BCUT2D eigenvalue weighted by atomic mass is 16.5. The first-order valence-electron chi connectivity index (χ1n) is 6.95. The van der Waals surface area contributed by atoms with Crippen LogP contribution < -0.4 is 0 Å². The lowest BCUT2D eigenvalue weighted by Crippen LogP contribution is -2.13. The molecule has 116 valence electrons. The Bertz CT molecular complexity index is 308.